The van der Waals surface area contributed by atoms with E-state index in [1.165, 1.54) is 11.9 Å². The maximum atomic E-state index is 13.2. The average Bonchev–Trinajstić information content (AvgIpc) is 3.02. The largest absolute Gasteiger partial charge is 0.508 e. The van der Waals surface area contributed by atoms with E-state index in [4.69, 9.17) is 0 Å². The molecule has 2 rings (SSSR count). The number of nitrogens with one attached hydrogen (secondary N) is 4. The van der Waals surface area contributed by atoms with Gasteiger partial charge in [0.1, 0.15) is 11.8 Å². The smallest absolute Gasteiger partial charge is 0.326 e. The number of carboxylic acids is 1. The van der Waals surface area contributed by atoms with E-state index in [0.717, 1.165) is 11.1 Å². The molecule has 0 aromatic heterocycles. The Balaban J connectivity index is 1.90. The highest BCUT2D eigenvalue weighted by molar-refractivity contribution is 7.97. The normalized spacial score (nSPS) is 13.0. The van der Waals surface area contributed by atoms with Crippen LogP contribution < -0.4 is 20.7 Å². The second kappa shape index (κ2) is 20.8. The number of phenols is 1. The van der Waals surface area contributed by atoms with Crippen molar-refractivity contribution in [1.82, 2.24) is 25.6 Å². The van der Waals surface area contributed by atoms with Crippen LogP contribution in [0.3, 0.4) is 0 Å². The van der Waals surface area contributed by atoms with Crippen molar-refractivity contribution in [2.24, 2.45) is 5.92 Å². The number of aliphatic carboxylic acids is 1. The minimum absolute atomic E-state index is 0.0908. The molecule has 2 aromatic rings. The van der Waals surface area contributed by atoms with Crippen LogP contribution in [-0.2, 0) is 32.0 Å². The van der Waals surface area contributed by atoms with Gasteiger partial charge < -0.3 is 26.2 Å². The van der Waals surface area contributed by atoms with Crippen molar-refractivity contribution in [1.29, 1.82) is 0 Å². The Labute approximate surface area is 276 Å². The Hall–Kier alpha value is -4.13. The van der Waals surface area contributed by atoms with Crippen molar-refractivity contribution in [2.75, 3.05) is 31.9 Å². The van der Waals surface area contributed by atoms with Crippen LogP contribution in [0.4, 0.5) is 0 Å². The lowest BCUT2D eigenvalue weighted by atomic mass is 10.0. The molecule has 0 fully saturated rings. The highest BCUT2D eigenvalue weighted by Gasteiger charge is 2.27. The molecule has 11 nitrogen and oxygen atoms in total. The number of benzene rings is 2. The second-order valence-corrected chi connectivity index (χ2v) is 12.2. The number of hydrogen-bond acceptors (Lipinski definition) is 8. The molecular weight excluding hydrogens is 606 g/mol. The van der Waals surface area contributed by atoms with E-state index in [9.17, 15) is 29.4 Å². The SMILES string of the molecule is C=CCN(CC=C)[C@@H](Cc1ccc(O)cc1)C(=O)NCC(=O)NCCSN[C@@H](Cc1ccccc1)C(=O)N[C@@H](CC(C)C)C(=O)O. The molecule has 0 aliphatic rings. The summed E-state index contributed by atoms with van der Waals surface area (Å²) < 4.78 is 3.12. The molecule has 0 aliphatic carbocycles. The van der Waals surface area contributed by atoms with Crippen LogP contribution in [0.25, 0.3) is 0 Å². The summed E-state index contributed by atoms with van der Waals surface area (Å²) in [7, 11) is 0. The number of aromatic hydroxyl groups is 1. The predicted octanol–water partition coefficient (Wildman–Crippen LogP) is 2.67. The van der Waals surface area contributed by atoms with E-state index < -0.39 is 30.0 Å². The average molecular weight is 654 g/mol. The molecule has 0 unspecified atom stereocenters. The van der Waals surface area contributed by atoms with Crippen molar-refractivity contribution in [2.45, 2.75) is 51.2 Å². The molecule has 0 saturated carbocycles. The molecular formula is C34H47N5O6S. The fraction of sp³-hybridized carbons (Fsp3) is 0.412. The zero-order valence-corrected chi connectivity index (χ0v) is 27.4. The Morgan fingerprint density at radius 1 is 0.870 bits per heavy atom. The zero-order chi connectivity index (χ0) is 33.9. The Morgan fingerprint density at radius 3 is 2.09 bits per heavy atom. The Bertz CT molecular complexity index is 1260. The van der Waals surface area contributed by atoms with Crippen molar-refractivity contribution in [3.05, 3.63) is 91.0 Å². The van der Waals surface area contributed by atoms with Gasteiger partial charge >= 0.3 is 5.97 Å². The summed E-state index contributed by atoms with van der Waals surface area (Å²) in [5.74, 6) is -1.55. The molecule has 12 heteroatoms. The lowest BCUT2D eigenvalue weighted by Gasteiger charge is -2.29. The first-order valence-electron chi connectivity index (χ1n) is 15.3. The van der Waals surface area contributed by atoms with Crippen LogP contribution in [0.15, 0.2) is 79.9 Å². The summed E-state index contributed by atoms with van der Waals surface area (Å²) in [6.07, 6.45) is 4.42. The van der Waals surface area contributed by atoms with Gasteiger partial charge in [-0.05, 0) is 48.4 Å². The van der Waals surface area contributed by atoms with Crippen LogP contribution in [0.2, 0.25) is 0 Å². The van der Waals surface area contributed by atoms with E-state index in [0.29, 0.717) is 38.1 Å². The summed E-state index contributed by atoms with van der Waals surface area (Å²) >= 11 is 1.24. The maximum Gasteiger partial charge on any atom is 0.326 e. The fourth-order valence-corrected chi connectivity index (χ4v) is 5.37. The second-order valence-electron chi connectivity index (χ2n) is 11.2. The lowest BCUT2D eigenvalue weighted by molar-refractivity contribution is -0.142. The van der Waals surface area contributed by atoms with Gasteiger partial charge in [0.05, 0.1) is 18.6 Å². The molecule has 2 aromatic carbocycles. The topological polar surface area (TPSA) is 160 Å². The molecule has 0 bridgehead atoms. The van der Waals surface area contributed by atoms with Gasteiger partial charge in [0.2, 0.25) is 17.7 Å². The van der Waals surface area contributed by atoms with E-state index in [-0.39, 0.29) is 36.6 Å². The first-order chi connectivity index (χ1) is 22.0. The molecule has 250 valence electrons. The molecule has 3 amide bonds. The summed E-state index contributed by atoms with van der Waals surface area (Å²) in [5, 5.41) is 27.3. The van der Waals surface area contributed by atoms with Gasteiger partial charge in [-0.3, -0.25) is 24.0 Å². The quantitative estimate of drug-likeness (QED) is 0.0638. The van der Waals surface area contributed by atoms with Crippen molar-refractivity contribution in [3.8, 4) is 5.75 Å². The first kappa shape index (κ1) is 38.1. The lowest BCUT2D eigenvalue weighted by Crippen LogP contribution is -2.50. The fourth-order valence-electron chi connectivity index (χ4n) is 4.66. The molecule has 46 heavy (non-hydrogen) atoms. The molecule has 3 atom stereocenters. The number of nitrogens with zero attached hydrogens (tertiary/aromatic N) is 1. The number of phenolic OH excluding ortho intramolecular Hbond substituents is 1. The third-order valence-electron chi connectivity index (χ3n) is 6.93. The van der Waals surface area contributed by atoms with Crippen molar-refractivity contribution >= 4 is 35.6 Å². The molecule has 0 aliphatic heterocycles. The van der Waals surface area contributed by atoms with Crippen LogP contribution in [0, 0.1) is 5.92 Å². The van der Waals surface area contributed by atoms with Crippen LogP contribution in [0.1, 0.15) is 31.4 Å². The van der Waals surface area contributed by atoms with E-state index >= 15 is 0 Å². The maximum absolute atomic E-state index is 13.2. The van der Waals surface area contributed by atoms with Gasteiger partial charge in [-0.25, -0.2) is 4.79 Å². The molecule has 0 radical (unpaired) electrons. The molecule has 0 spiro atoms. The minimum Gasteiger partial charge on any atom is -0.508 e. The summed E-state index contributed by atoms with van der Waals surface area (Å²) in [6, 6.07) is 13.7. The third kappa shape index (κ3) is 14.3. The highest BCUT2D eigenvalue weighted by Crippen LogP contribution is 2.15. The Kier molecular flexibility index (Phi) is 17.2. The third-order valence-corrected chi connectivity index (χ3v) is 7.79. The first-order valence-corrected chi connectivity index (χ1v) is 16.2. The van der Waals surface area contributed by atoms with Crippen LogP contribution in [0.5, 0.6) is 5.75 Å². The van der Waals surface area contributed by atoms with Gasteiger partial charge in [-0.15, -0.1) is 13.2 Å². The molecule has 0 heterocycles. The predicted molar refractivity (Wildman–Crippen MR) is 182 cm³/mol. The van der Waals surface area contributed by atoms with E-state index in [1.54, 1.807) is 36.4 Å². The van der Waals surface area contributed by atoms with Crippen LogP contribution in [-0.4, -0.2) is 88.9 Å². The van der Waals surface area contributed by atoms with Gasteiger partial charge in [-0.2, -0.15) is 0 Å². The number of amides is 3. The molecule has 0 saturated heterocycles. The highest BCUT2D eigenvalue weighted by atomic mass is 32.2. The van der Waals surface area contributed by atoms with E-state index in [2.05, 4.69) is 33.8 Å². The van der Waals surface area contributed by atoms with Gasteiger partial charge in [0.25, 0.3) is 0 Å². The Morgan fingerprint density at radius 2 is 1.50 bits per heavy atom. The number of carbonyl (C=O) groups is 4. The molecule has 6 N–H and O–H groups in total. The van der Waals surface area contributed by atoms with Crippen molar-refractivity contribution < 1.29 is 29.4 Å². The summed E-state index contributed by atoms with van der Waals surface area (Å²) in [4.78, 5) is 52.5. The van der Waals surface area contributed by atoms with Gasteiger partial charge in [-0.1, -0.05) is 80.4 Å². The number of carbonyl (C=O) groups excluding carboxylic acids is 3. The van der Waals surface area contributed by atoms with Gasteiger partial charge in [0, 0.05) is 25.4 Å². The standard InChI is InChI=1S/C34H47N5O6S/c1-5-17-39(18-6-2)30(22-26-12-14-27(40)15-13-26)33(43)36-23-31(41)35-16-19-46-38-28(21-25-10-8-7-9-11-25)32(42)37-29(34(44)45)20-24(3)4/h5-15,24,28-30,38,40H,1-2,16-23H2,3-4H3,(H,35,41)(H,36,43)(H,37,42)(H,44,45)/t28-,29-,30-/m0/s1. The minimum atomic E-state index is -1.08. The zero-order valence-electron chi connectivity index (χ0n) is 26.6. The van der Waals surface area contributed by atoms with E-state index in [1.807, 2.05) is 49.1 Å². The number of rotatable bonds is 22. The number of hydrogen-bond donors (Lipinski definition) is 6. The summed E-state index contributed by atoms with van der Waals surface area (Å²) in [6.45, 7) is 12.3. The number of carboxylic acid groups (broad SMARTS) is 1. The summed E-state index contributed by atoms with van der Waals surface area (Å²) in [5.41, 5.74) is 1.77. The van der Waals surface area contributed by atoms with Gasteiger partial charge in [0.15, 0.2) is 0 Å². The van der Waals surface area contributed by atoms with Crippen molar-refractivity contribution in [3.63, 3.8) is 0 Å². The van der Waals surface area contributed by atoms with Crippen LogP contribution >= 0.6 is 11.9 Å². The monoisotopic (exact) mass is 653 g/mol.